The lowest BCUT2D eigenvalue weighted by atomic mass is 10.2. The fraction of sp³-hybridized carbons (Fsp3) is 0. The normalized spacial score (nSPS) is 13.9. The van der Waals surface area contributed by atoms with Gasteiger partial charge < -0.3 is 0 Å². The lowest BCUT2D eigenvalue weighted by molar-refractivity contribution is 0.620. The van der Waals surface area contributed by atoms with Crippen molar-refractivity contribution in [2.75, 3.05) is 0 Å². The molecule has 6 heteroatoms. The second-order valence-corrected chi connectivity index (χ2v) is 4.10. The van der Waals surface area contributed by atoms with Gasteiger partial charge in [-0.25, -0.2) is 8.78 Å². The van der Waals surface area contributed by atoms with Crippen molar-refractivity contribution in [2.24, 2.45) is 10.2 Å². The Bertz CT molecular complexity index is 648. The van der Waals surface area contributed by atoms with Crippen LogP contribution in [0.1, 0.15) is 11.1 Å². The average molecular weight is 272 g/mol. The summed E-state index contributed by atoms with van der Waals surface area (Å²) in [6.07, 6.45) is 0. The molecule has 2 aromatic rings. The van der Waals surface area contributed by atoms with E-state index >= 15 is 0 Å². The SMILES string of the molecule is Fc1ccccc1C1=NNC(c2ccccc2F)=NN1. The van der Waals surface area contributed by atoms with Crippen LogP contribution in [0.5, 0.6) is 0 Å². The summed E-state index contributed by atoms with van der Waals surface area (Å²) in [5.41, 5.74) is 5.82. The van der Waals surface area contributed by atoms with Crippen LogP contribution in [0, 0.1) is 11.6 Å². The van der Waals surface area contributed by atoms with Crippen LogP contribution in [0.2, 0.25) is 0 Å². The molecule has 0 unspecified atom stereocenters. The number of amidine groups is 2. The molecule has 1 aliphatic heterocycles. The molecular formula is C14H10F2N4. The topological polar surface area (TPSA) is 48.8 Å². The number of nitrogens with zero attached hydrogens (tertiary/aromatic N) is 2. The highest BCUT2D eigenvalue weighted by Gasteiger charge is 2.16. The number of hydrazone groups is 2. The molecule has 0 fully saturated rings. The lowest BCUT2D eigenvalue weighted by Gasteiger charge is -2.15. The van der Waals surface area contributed by atoms with E-state index in [1.165, 1.54) is 12.1 Å². The van der Waals surface area contributed by atoms with Crippen LogP contribution in [0.15, 0.2) is 58.7 Å². The first-order chi connectivity index (χ1) is 9.75. The monoisotopic (exact) mass is 272 g/mol. The van der Waals surface area contributed by atoms with Crippen molar-refractivity contribution >= 4 is 11.7 Å². The summed E-state index contributed by atoms with van der Waals surface area (Å²) in [5.74, 6) is -0.346. The van der Waals surface area contributed by atoms with Gasteiger partial charge in [0, 0.05) is 0 Å². The molecule has 100 valence electrons. The molecule has 0 aliphatic carbocycles. The van der Waals surface area contributed by atoms with Gasteiger partial charge in [-0.2, -0.15) is 10.2 Å². The molecule has 3 rings (SSSR count). The quantitative estimate of drug-likeness (QED) is 0.880. The Morgan fingerprint density at radius 3 is 1.40 bits per heavy atom. The molecule has 0 saturated heterocycles. The second-order valence-electron chi connectivity index (χ2n) is 4.10. The Morgan fingerprint density at radius 1 is 0.650 bits per heavy atom. The largest absolute Gasteiger partial charge is 0.257 e. The van der Waals surface area contributed by atoms with Gasteiger partial charge >= 0.3 is 0 Å². The van der Waals surface area contributed by atoms with E-state index in [4.69, 9.17) is 0 Å². The molecule has 1 heterocycles. The first kappa shape index (κ1) is 12.3. The van der Waals surface area contributed by atoms with Crippen molar-refractivity contribution in [1.29, 1.82) is 0 Å². The third-order valence-electron chi connectivity index (χ3n) is 2.81. The number of hydrogen-bond acceptors (Lipinski definition) is 4. The van der Waals surface area contributed by atoms with Gasteiger partial charge in [0.15, 0.2) is 11.7 Å². The summed E-state index contributed by atoms with van der Waals surface area (Å²) in [7, 11) is 0. The molecule has 0 atom stereocenters. The van der Waals surface area contributed by atoms with Crippen LogP contribution in [-0.4, -0.2) is 11.7 Å². The first-order valence-electron chi connectivity index (χ1n) is 5.93. The van der Waals surface area contributed by atoms with E-state index < -0.39 is 11.6 Å². The number of halogens is 2. The minimum absolute atomic E-state index is 0.239. The van der Waals surface area contributed by atoms with Gasteiger partial charge in [-0.05, 0) is 24.3 Å². The van der Waals surface area contributed by atoms with Gasteiger partial charge in [-0.15, -0.1) is 0 Å². The van der Waals surface area contributed by atoms with Crippen molar-refractivity contribution in [3.05, 3.63) is 71.3 Å². The smallest absolute Gasteiger partial charge is 0.176 e. The highest BCUT2D eigenvalue weighted by Crippen LogP contribution is 2.10. The van der Waals surface area contributed by atoms with Crippen LogP contribution >= 0.6 is 0 Å². The van der Waals surface area contributed by atoms with Crippen molar-refractivity contribution in [3.63, 3.8) is 0 Å². The molecular weight excluding hydrogens is 262 g/mol. The van der Waals surface area contributed by atoms with Gasteiger partial charge in [0.05, 0.1) is 11.1 Å². The van der Waals surface area contributed by atoms with Gasteiger partial charge in [-0.3, -0.25) is 10.9 Å². The molecule has 0 spiro atoms. The van der Waals surface area contributed by atoms with Crippen LogP contribution < -0.4 is 10.9 Å². The minimum Gasteiger partial charge on any atom is -0.257 e. The first-order valence-corrected chi connectivity index (χ1v) is 5.93. The summed E-state index contributed by atoms with van der Waals surface area (Å²) in [6, 6.07) is 12.4. The maximum atomic E-state index is 13.6. The van der Waals surface area contributed by atoms with Gasteiger partial charge in [0.2, 0.25) is 0 Å². The van der Waals surface area contributed by atoms with Crippen LogP contribution in [-0.2, 0) is 0 Å². The van der Waals surface area contributed by atoms with Gasteiger partial charge in [0.1, 0.15) is 11.6 Å². The third kappa shape index (κ3) is 2.23. The Morgan fingerprint density at radius 2 is 1.05 bits per heavy atom. The highest BCUT2D eigenvalue weighted by atomic mass is 19.1. The van der Waals surface area contributed by atoms with Crippen molar-refractivity contribution < 1.29 is 8.78 Å². The number of benzene rings is 2. The summed E-state index contributed by atoms with van der Waals surface area (Å²) < 4.78 is 27.2. The van der Waals surface area contributed by atoms with E-state index in [9.17, 15) is 8.78 Å². The molecule has 0 bridgehead atoms. The van der Waals surface area contributed by atoms with Crippen LogP contribution in [0.25, 0.3) is 0 Å². The molecule has 0 saturated carbocycles. The predicted octanol–water partition coefficient (Wildman–Crippen LogP) is 2.18. The van der Waals surface area contributed by atoms with Crippen molar-refractivity contribution in [3.8, 4) is 0 Å². The molecule has 4 nitrogen and oxygen atoms in total. The number of hydrogen-bond donors (Lipinski definition) is 2. The molecule has 2 N–H and O–H groups in total. The summed E-state index contributed by atoms with van der Waals surface area (Å²) in [5, 5.41) is 7.96. The number of rotatable bonds is 2. The maximum Gasteiger partial charge on any atom is 0.176 e. The summed E-state index contributed by atoms with van der Waals surface area (Å²) >= 11 is 0. The zero-order valence-corrected chi connectivity index (χ0v) is 10.3. The highest BCUT2D eigenvalue weighted by molar-refractivity contribution is 6.06. The third-order valence-corrected chi connectivity index (χ3v) is 2.81. The standard InChI is InChI=1S/C14H10F2N4/c15-11-7-3-1-5-9(11)13-17-19-14(20-18-13)10-6-2-4-8-12(10)16/h1-8H,(H,17,18)(H,19,20). The van der Waals surface area contributed by atoms with E-state index in [-0.39, 0.29) is 22.8 Å². The van der Waals surface area contributed by atoms with E-state index in [0.717, 1.165) is 0 Å². The molecule has 0 radical (unpaired) electrons. The molecule has 2 aromatic carbocycles. The van der Waals surface area contributed by atoms with Crippen LogP contribution in [0.3, 0.4) is 0 Å². The molecule has 1 aliphatic rings. The van der Waals surface area contributed by atoms with Crippen molar-refractivity contribution in [2.45, 2.75) is 0 Å². The zero-order chi connectivity index (χ0) is 13.9. The molecule has 0 amide bonds. The van der Waals surface area contributed by atoms with E-state index in [0.29, 0.717) is 0 Å². The Balaban J connectivity index is 1.85. The Hall–Kier alpha value is -2.76. The van der Waals surface area contributed by atoms with Crippen LogP contribution in [0.4, 0.5) is 8.78 Å². The molecule has 20 heavy (non-hydrogen) atoms. The van der Waals surface area contributed by atoms with E-state index in [1.807, 2.05) is 0 Å². The fourth-order valence-corrected chi connectivity index (χ4v) is 1.82. The number of nitrogens with one attached hydrogen (secondary N) is 2. The Labute approximate surface area is 113 Å². The van der Waals surface area contributed by atoms with Gasteiger partial charge in [-0.1, -0.05) is 24.3 Å². The minimum atomic E-state index is -0.412. The zero-order valence-electron chi connectivity index (χ0n) is 10.3. The van der Waals surface area contributed by atoms with Crippen molar-refractivity contribution in [1.82, 2.24) is 10.9 Å². The summed E-state index contributed by atoms with van der Waals surface area (Å²) in [4.78, 5) is 0. The second kappa shape index (κ2) is 5.08. The molecule has 0 aromatic heterocycles. The van der Waals surface area contributed by atoms with E-state index in [2.05, 4.69) is 21.1 Å². The summed E-state index contributed by atoms with van der Waals surface area (Å²) in [6.45, 7) is 0. The lowest BCUT2D eigenvalue weighted by Crippen LogP contribution is -2.35. The fourth-order valence-electron chi connectivity index (χ4n) is 1.82. The predicted molar refractivity (Wildman–Crippen MR) is 72.1 cm³/mol. The maximum absolute atomic E-state index is 13.6. The van der Waals surface area contributed by atoms with E-state index in [1.54, 1.807) is 36.4 Å². The van der Waals surface area contributed by atoms with Gasteiger partial charge in [0.25, 0.3) is 0 Å². The average Bonchev–Trinajstić information content (AvgIpc) is 2.49. The Kier molecular flexibility index (Phi) is 3.12.